The summed E-state index contributed by atoms with van der Waals surface area (Å²) in [5, 5.41) is 11.5. The lowest BCUT2D eigenvalue weighted by Crippen LogP contribution is -2.41. The first-order valence-corrected chi connectivity index (χ1v) is 8.36. The molecule has 0 saturated carbocycles. The van der Waals surface area contributed by atoms with E-state index < -0.39 is 0 Å². The summed E-state index contributed by atoms with van der Waals surface area (Å²) in [6.45, 7) is 3.84. The molecule has 1 unspecified atom stereocenters. The molecule has 2 aliphatic heterocycles. The molecule has 24 heavy (non-hydrogen) atoms. The molecule has 126 valence electrons. The second-order valence-electron chi connectivity index (χ2n) is 6.06. The van der Waals surface area contributed by atoms with Crippen LogP contribution in [0.1, 0.15) is 35.4 Å². The van der Waals surface area contributed by atoms with Crippen molar-refractivity contribution in [2.75, 3.05) is 13.2 Å². The predicted octanol–water partition coefficient (Wildman–Crippen LogP) is 1.36. The van der Waals surface area contributed by atoms with Crippen molar-refractivity contribution in [3.05, 3.63) is 35.4 Å². The van der Waals surface area contributed by atoms with Crippen LogP contribution in [0.5, 0.6) is 11.5 Å². The molecule has 7 nitrogen and oxygen atoms in total. The van der Waals surface area contributed by atoms with Crippen molar-refractivity contribution in [1.82, 2.24) is 20.1 Å². The van der Waals surface area contributed by atoms with Gasteiger partial charge >= 0.3 is 0 Å². The van der Waals surface area contributed by atoms with Crippen molar-refractivity contribution in [1.29, 1.82) is 0 Å². The Balaban J connectivity index is 1.47. The summed E-state index contributed by atoms with van der Waals surface area (Å²) in [6, 6.07) is 5.39. The molecule has 3 heterocycles. The largest absolute Gasteiger partial charge is 0.486 e. The van der Waals surface area contributed by atoms with Gasteiger partial charge in [-0.05, 0) is 24.6 Å². The van der Waals surface area contributed by atoms with E-state index in [1.54, 1.807) is 18.2 Å². The molecule has 0 saturated heterocycles. The standard InChI is InChI=1S/C17H20N4O3/c1-2-15-19-20-16-6-4-12(10-21(15)16)18-17(22)11-3-5-13-14(9-11)24-8-7-23-13/h3,5,9,12H,2,4,6-8,10H2,1H3,(H,18,22). The molecular weight excluding hydrogens is 308 g/mol. The van der Waals surface area contributed by atoms with Gasteiger partial charge < -0.3 is 19.4 Å². The van der Waals surface area contributed by atoms with Crippen molar-refractivity contribution in [3.63, 3.8) is 0 Å². The van der Waals surface area contributed by atoms with E-state index in [0.29, 0.717) is 30.3 Å². The van der Waals surface area contributed by atoms with Gasteiger partial charge in [-0.2, -0.15) is 0 Å². The normalized spacial score (nSPS) is 18.8. The van der Waals surface area contributed by atoms with E-state index in [1.165, 1.54) is 0 Å². The van der Waals surface area contributed by atoms with Crippen LogP contribution in [0, 0.1) is 0 Å². The van der Waals surface area contributed by atoms with Gasteiger partial charge in [0.05, 0.1) is 0 Å². The van der Waals surface area contributed by atoms with Gasteiger partial charge in [0.15, 0.2) is 11.5 Å². The zero-order valence-electron chi connectivity index (χ0n) is 13.6. The third kappa shape index (κ3) is 2.70. The Kier molecular flexibility index (Phi) is 3.84. The number of nitrogens with zero attached hydrogens (tertiary/aromatic N) is 3. The number of rotatable bonds is 3. The molecule has 1 atom stereocenters. The monoisotopic (exact) mass is 328 g/mol. The number of amides is 1. The molecule has 1 aromatic heterocycles. The Morgan fingerprint density at radius 1 is 1.29 bits per heavy atom. The second kappa shape index (κ2) is 6.14. The number of hydrogen-bond donors (Lipinski definition) is 1. The zero-order valence-corrected chi connectivity index (χ0v) is 13.6. The van der Waals surface area contributed by atoms with Crippen molar-refractivity contribution in [2.24, 2.45) is 0 Å². The average molecular weight is 328 g/mol. The van der Waals surface area contributed by atoms with Gasteiger partial charge in [0.25, 0.3) is 5.91 Å². The first-order chi connectivity index (χ1) is 11.7. The Morgan fingerprint density at radius 3 is 2.96 bits per heavy atom. The number of hydrogen-bond acceptors (Lipinski definition) is 5. The Labute approximate surface area is 140 Å². The molecule has 1 aromatic carbocycles. The fraction of sp³-hybridized carbons (Fsp3) is 0.471. The summed E-state index contributed by atoms with van der Waals surface area (Å²) in [5.74, 6) is 3.22. The molecule has 0 radical (unpaired) electrons. The Morgan fingerprint density at radius 2 is 2.12 bits per heavy atom. The Hall–Kier alpha value is -2.57. The van der Waals surface area contributed by atoms with Crippen LogP contribution < -0.4 is 14.8 Å². The molecule has 2 aliphatic rings. The fourth-order valence-electron chi connectivity index (χ4n) is 3.22. The Bertz CT molecular complexity index is 758. The number of aryl methyl sites for hydroxylation is 2. The van der Waals surface area contributed by atoms with Crippen molar-refractivity contribution < 1.29 is 14.3 Å². The van der Waals surface area contributed by atoms with Crippen molar-refractivity contribution >= 4 is 5.91 Å². The highest BCUT2D eigenvalue weighted by Crippen LogP contribution is 2.30. The minimum atomic E-state index is -0.0912. The quantitative estimate of drug-likeness (QED) is 0.920. The van der Waals surface area contributed by atoms with E-state index in [1.807, 2.05) is 0 Å². The topological polar surface area (TPSA) is 78.3 Å². The number of carbonyl (C=O) groups excluding carboxylic acids is 1. The fourth-order valence-corrected chi connectivity index (χ4v) is 3.22. The van der Waals surface area contributed by atoms with Crippen molar-refractivity contribution in [2.45, 2.75) is 38.8 Å². The van der Waals surface area contributed by atoms with Crippen molar-refractivity contribution in [3.8, 4) is 11.5 Å². The SMILES string of the molecule is CCc1nnc2n1CC(NC(=O)c1ccc3c(c1)OCCO3)CC2. The zero-order chi connectivity index (χ0) is 16.5. The molecule has 0 fully saturated rings. The molecular formula is C17H20N4O3. The lowest BCUT2D eigenvalue weighted by molar-refractivity contribution is 0.0926. The number of fused-ring (bicyclic) bond motifs is 2. The lowest BCUT2D eigenvalue weighted by Gasteiger charge is -2.25. The summed E-state index contributed by atoms with van der Waals surface area (Å²) >= 11 is 0. The van der Waals surface area contributed by atoms with Crippen LogP contribution in [0.25, 0.3) is 0 Å². The predicted molar refractivity (Wildman–Crippen MR) is 86.4 cm³/mol. The number of ether oxygens (including phenoxy) is 2. The maximum atomic E-state index is 12.6. The van der Waals surface area contributed by atoms with Gasteiger partial charge in [0.2, 0.25) is 0 Å². The van der Waals surface area contributed by atoms with Crippen LogP contribution >= 0.6 is 0 Å². The van der Waals surface area contributed by atoms with Gasteiger partial charge in [0.1, 0.15) is 24.9 Å². The van der Waals surface area contributed by atoms with Gasteiger partial charge in [-0.15, -0.1) is 10.2 Å². The van der Waals surface area contributed by atoms with Gasteiger partial charge in [-0.3, -0.25) is 4.79 Å². The highest BCUT2D eigenvalue weighted by molar-refractivity contribution is 5.95. The van der Waals surface area contributed by atoms with E-state index in [2.05, 4.69) is 27.0 Å². The molecule has 4 rings (SSSR count). The van der Waals surface area contributed by atoms with E-state index in [0.717, 1.165) is 37.5 Å². The third-order valence-corrected chi connectivity index (χ3v) is 4.48. The second-order valence-corrected chi connectivity index (χ2v) is 6.06. The summed E-state index contributed by atoms with van der Waals surface area (Å²) in [5.41, 5.74) is 0.588. The molecule has 1 amide bonds. The summed E-state index contributed by atoms with van der Waals surface area (Å²) in [4.78, 5) is 12.6. The van der Waals surface area contributed by atoms with Crippen LogP contribution in [0.4, 0.5) is 0 Å². The first-order valence-electron chi connectivity index (χ1n) is 8.36. The maximum absolute atomic E-state index is 12.6. The molecule has 0 spiro atoms. The summed E-state index contributed by atoms with van der Waals surface area (Å²) in [6.07, 6.45) is 2.55. The van der Waals surface area contributed by atoms with E-state index in [-0.39, 0.29) is 11.9 Å². The number of carbonyl (C=O) groups is 1. The van der Waals surface area contributed by atoms with E-state index in [9.17, 15) is 4.79 Å². The van der Waals surface area contributed by atoms with Crippen LogP contribution in [0.15, 0.2) is 18.2 Å². The van der Waals surface area contributed by atoms with E-state index >= 15 is 0 Å². The molecule has 0 bridgehead atoms. The van der Waals surface area contributed by atoms with Crippen LogP contribution in [0.2, 0.25) is 0 Å². The third-order valence-electron chi connectivity index (χ3n) is 4.48. The van der Waals surface area contributed by atoms with Gasteiger partial charge in [0, 0.05) is 31.0 Å². The van der Waals surface area contributed by atoms with Gasteiger partial charge in [-0.25, -0.2) is 0 Å². The molecule has 7 heteroatoms. The van der Waals surface area contributed by atoms with Crippen LogP contribution in [-0.4, -0.2) is 39.9 Å². The maximum Gasteiger partial charge on any atom is 0.251 e. The van der Waals surface area contributed by atoms with Gasteiger partial charge in [-0.1, -0.05) is 6.92 Å². The highest BCUT2D eigenvalue weighted by atomic mass is 16.6. The highest BCUT2D eigenvalue weighted by Gasteiger charge is 2.24. The number of aromatic nitrogens is 3. The minimum absolute atomic E-state index is 0.0829. The summed E-state index contributed by atoms with van der Waals surface area (Å²) in [7, 11) is 0. The molecule has 0 aliphatic carbocycles. The average Bonchev–Trinajstić information content (AvgIpc) is 3.03. The number of benzene rings is 1. The molecule has 1 N–H and O–H groups in total. The first kappa shape index (κ1) is 15.0. The van der Waals surface area contributed by atoms with Crippen LogP contribution in [0.3, 0.4) is 0 Å². The van der Waals surface area contributed by atoms with E-state index in [4.69, 9.17) is 9.47 Å². The van der Waals surface area contributed by atoms with Crippen LogP contribution in [-0.2, 0) is 19.4 Å². The lowest BCUT2D eigenvalue weighted by atomic mass is 10.1. The minimum Gasteiger partial charge on any atom is -0.486 e. The summed E-state index contributed by atoms with van der Waals surface area (Å²) < 4.78 is 13.2. The smallest absolute Gasteiger partial charge is 0.251 e. The molecule has 2 aromatic rings. The number of nitrogens with one attached hydrogen (secondary N) is 1.